The molecule has 0 saturated carbocycles. The number of benzene rings is 1. The summed E-state index contributed by atoms with van der Waals surface area (Å²) in [6.45, 7) is 1.85. The molecule has 1 saturated heterocycles. The Labute approximate surface area is 118 Å². The van der Waals surface area contributed by atoms with E-state index in [0.717, 1.165) is 25.9 Å². The van der Waals surface area contributed by atoms with Crippen molar-refractivity contribution in [1.29, 1.82) is 0 Å². The third-order valence-electron chi connectivity index (χ3n) is 3.92. The normalized spacial score (nSPS) is 25.6. The van der Waals surface area contributed by atoms with Crippen LogP contribution in [0.1, 0.15) is 12.8 Å². The fourth-order valence-electron chi connectivity index (χ4n) is 2.80. The fourth-order valence-corrected chi connectivity index (χ4v) is 4.17. The summed E-state index contributed by atoms with van der Waals surface area (Å²) in [5.74, 6) is 0.947. The highest BCUT2D eigenvalue weighted by molar-refractivity contribution is 7.89. The van der Waals surface area contributed by atoms with Gasteiger partial charge in [0.05, 0.1) is 19.0 Å². The first-order valence-corrected chi connectivity index (χ1v) is 8.26. The van der Waals surface area contributed by atoms with Crippen LogP contribution in [0.15, 0.2) is 23.1 Å². The lowest BCUT2D eigenvalue weighted by molar-refractivity contribution is 0.319. The summed E-state index contributed by atoms with van der Waals surface area (Å²) >= 11 is 0. The van der Waals surface area contributed by atoms with Gasteiger partial charge in [0.1, 0.15) is 10.6 Å². The number of rotatable bonds is 2. The summed E-state index contributed by atoms with van der Waals surface area (Å²) in [6, 6.07) is 4.97. The second-order valence-corrected chi connectivity index (χ2v) is 6.88. The second-order valence-electron chi connectivity index (χ2n) is 5.19. The topological polar surface area (TPSA) is 79.5 Å². The zero-order valence-corrected chi connectivity index (χ0v) is 12.2. The minimum atomic E-state index is -3.45. The summed E-state index contributed by atoms with van der Waals surface area (Å²) < 4.78 is 32.5. The van der Waals surface area contributed by atoms with Gasteiger partial charge in [-0.3, -0.25) is 0 Å². The molecule has 6 nitrogen and oxygen atoms in total. The molecule has 1 unspecified atom stereocenters. The van der Waals surface area contributed by atoms with Gasteiger partial charge >= 0.3 is 0 Å². The first-order valence-electron chi connectivity index (χ1n) is 6.78. The van der Waals surface area contributed by atoms with Crippen LogP contribution in [0.4, 0.5) is 5.69 Å². The van der Waals surface area contributed by atoms with E-state index in [9.17, 15) is 8.42 Å². The van der Waals surface area contributed by atoms with E-state index in [-0.39, 0.29) is 11.1 Å². The third kappa shape index (κ3) is 2.48. The molecule has 0 spiro atoms. The van der Waals surface area contributed by atoms with Crippen molar-refractivity contribution in [2.24, 2.45) is 5.92 Å². The molecule has 20 heavy (non-hydrogen) atoms. The van der Waals surface area contributed by atoms with Crippen molar-refractivity contribution in [3.63, 3.8) is 0 Å². The van der Waals surface area contributed by atoms with Gasteiger partial charge in [0.25, 0.3) is 0 Å². The number of sulfonamides is 1. The van der Waals surface area contributed by atoms with Gasteiger partial charge in [-0.25, -0.2) is 8.42 Å². The van der Waals surface area contributed by atoms with Crippen molar-refractivity contribution in [2.75, 3.05) is 25.5 Å². The van der Waals surface area contributed by atoms with Crippen molar-refractivity contribution in [1.82, 2.24) is 10.0 Å². The van der Waals surface area contributed by atoms with Crippen LogP contribution in [0, 0.1) is 5.92 Å². The molecule has 1 aromatic rings. The molecule has 2 aliphatic rings. The number of hydrogen-bond acceptors (Lipinski definition) is 5. The molecule has 3 rings (SSSR count). The number of anilines is 1. The molecule has 1 aromatic carbocycles. The van der Waals surface area contributed by atoms with E-state index >= 15 is 0 Å². The highest BCUT2D eigenvalue weighted by Gasteiger charge is 2.34. The predicted molar refractivity (Wildman–Crippen MR) is 76.3 cm³/mol. The van der Waals surface area contributed by atoms with Crippen LogP contribution in [-0.2, 0) is 10.0 Å². The van der Waals surface area contributed by atoms with Gasteiger partial charge in [0, 0.05) is 6.07 Å². The number of hydrogen-bond donors (Lipinski definition) is 3. The van der Waals surface area contributed by atoms with Crippen molar-refractivity contribution >= 4 is 15.7 Å². The van der Waals surface area contributed by atoms with Gasteiger partial charge in [0.15, 0.2) is 0 Å². The summed E-state index contributed by atoms with van der Waals surface area (Å²) in [4.78, 5) is 0.281. The van der Waals surface area contributed by atoms with E-state index in [4.69, 9.17) is 4.74 Å². The minimum absolute atomic E-state index is 0.248. The van der Waals surface area contributed by atoms with E-state index in [1.807, 2.05) is 0 Å². The van der Waals surface area contributed by atoms with Gasteiger partial charge in [-0.15, -0.1) is 0 Å². The molecule has 0 bridgehead atoms. The Morgan fingerprint density at radius 1 is 1.25 bits per heavy atom. The molecule has 7 heteroatoms. The maximum absolute atomic E-state index is 12.3. The summed E-state index contributed by atoms with van der Waals surface area (Å²) in [6.07, 6.45) is 1.67. The molecule has 110 valence electrons. The standard InChI is InChI=1S/C13H19N3O3S/c1-19-10-2-3-12-11(8-10)15-13(16-20(12,17)18)9-4-6-14-7-5-9/h2-3,8-9,13-16H,4-7H2,1H3. The minimum Gasteiger partial charge on any atom is -0.497 e. The zero-order chi connectivity index (χ0) is 14.2. The number of fused-ring (bicyclic) bond motifs is 1. The quantitative estimate of drug-likeness (QED) is 0.750. The van der Waals surface area contributed by atoms with Gasteiger partial charge < -0.3 is 15.4 Å². The molecular weight excluding hydrogens is 278 g/mol. The first-order chi connectivity index (χ1) is 9.60. The molecule has 0 aromatic heterocycles. The fraction of sp³-hybridized carbons (Fsp3) is 0.538. The first kappa shape index (κ1) is 13.7. The Hall–Kier alpha value is -1.31. The molecule has 0 aliphatic carbocycles. The second kappa shape index (κ2) is 5.23. The van der Waals surface area contributed by atoms with E-state index in [1.165, 1.54) is 0 Å². The maximum atomic E-state index is 12.3. The monoisotopic (exact) mass is 297 g/mol. The van der Waals surface area contributed by atoms with Crippen LogP contribution in [0.2, 0.25) is 0 Å². The lowest BCUT2D eigenvalue weighted by atomic mass is 9.95. The summed E-state index contributed by atoms with van der Waals surface area (Å²) in [5.41, 5.74) is 0.617. The molecular formula is C13H19N3O3S. The van der Waals surface area contributed by atoms with Gasteiger partial charge in [-0.1, -0.05) is 0 Å². The zero-order valence-electron chi connectivity index (χ0n) is 11.3. The van der Waals surface area contributed by atoms with Crippen LogP contribution in [0.25, 0.3) is 0 Å². The molecule has 2 heterocycles. The number of methoxy groups -OCH3 is 1. The van der Waals surface area contributed by atoms with E-state index in [0.29, 0.717) is 17.4 Å². The molecule has 1 atom stereocenters. The van der Waals surface area contributed by atoms with Crippen LogP contribution in [0.5, 0.6) is 5.75 Å². The summed E-state index contributed by atoms with van der Waals surface area (Å²) in [7, 11) is -1.88. The average molecular weight is 297 g/mol. The van der Waals surface area contributed by atoms with E-state index in [2.05, 4.69) is 15.4 Å². The lowest BCUT2D eigenvalue weighted by Crippen LogP contribution is -2.51. The number of piperidine rings is 1. The predicted octanol–water partition coefficient (Wildman–Crippen LogP) is 0.725. The van der Waals surface area contributed by atoms with Crippen molar-refractivity contribution in [3.05, 3.63) is 18.2 Å². The van der Waals surface area contributed by atoms with Gasteiger partial charge in [-0.2, -0.15) is 4.72 Å². The largest absolute Gasteiger partial charge is 0.497 e. The van der Waals surface area contributed by atoms with Gasteiger partial charge in [0.2, 0.25) is 10.0 Å². The number of ether oxygens (including phenoxy) is 1. The highest BCUT2D eigenvalue weighted by Crippen LogP contribution is 2.32. The molecule has 1 fully saturated rings. The highest BCUT2D eigenvalue weighted by atomic mass is 32.2. The Bertz CT molecular complexity index is 597. The van der Waals surface area contributed by atoms with Crippen molar-refractivity contribution in [2.45, 2.75) is 23.9 Å². The molecule has 3 N–H and O–H groups in total. The van der Waals surface area contributed by atoms with Crippen LogP contribution in [0.3, 0.4) is 0 Å². The van der Waals surface area contributed by atoms with Gasteiger partial charge in [-0.05, 0) is 44.0 Å². The SMILES string of the molecule is COc1ccc2c(c1)NC(C1CCNCC1)NS2(=O)=O. The number of nitrogens with one attached hydrogen (secondary N) is 3. The average Bonchev–Trinajstić information content (AvgIpc) is 2.46. The third-order valence-corrected chi connectivity index (χ3v) is 5.42. The Morgan fingerprint density at radius 3 is 2.70 bits per heavy atom. The Balaban J connectivity index is 1.92. The smallest absolute Gasteiger partial charge is 0.244 e. The summed E-state index contributed by atoms with van der Waals surface area (Å²) in [5, 5.41) is 6.59. The van der Waals surface area contributed by atoms with Crippen LogP contribution in [-0.4, -0.2) is 34.8 Å². The van der Waals surface area contributed by atoms with Crippen LogP contribution < -0.4 is 20.1 Å². The lowest BCUT2D eigenvalue weighted by Gasteiger charge is -2.35. The Morgan fingerprint density at radius 2 is 2.00 bits per heavy atom. The van der Waals surface area contributed by atoms with Crippen LogP contribution >= 0.6 is 0 Å². The molecule has 2 aliphatic heterocycles. The maximum Gasteiger partial charge on any atom is 0.244 e. The molecule has 0 amide bonds. The van der Waals surface area contributed by atoms with E-state index in [1.54, 1.807) is 25.3 Å². The molecule has 0 radical (unpaired) electrons. The van der Waals surface area contributed by atoms with Crippen molar-refractivity contribution < 1.29 is 13.2 Å². The van der Waals surface area contributed by atoms with Crippen molar-refractivity contribution in [3.8, 4) is 5.75 Å². The van der Waals surface area contributed by atoms with E-state index < -0.39 is 10.0 Å². The Kier molecular flexibility index (Phi) is 3.57.